The van der Waals surface area contributed by atoms with Crippen LogP contribution in [0.1, 0.15) is 25.7 Å². The molecule has 0 radical (unpaired) electrons. The minimum absolute atomic E-state index is 0.111. The van der Waals surface area contributed by atoms with Gasteiger partial charge in [-0.05, 0) is 72.9 Å². The molecular formula is C19H20ClNO2S. The van der Waals surface area contributed by atoms with Gasteiger partial charge in [-0.15, -0.1) is 0 Å². The summed E-state index contributed by atoms with van der Waals surface area (Å²) in [6.45, 7) is 0. The second-order valence-corrected chi connectivity index (χ2v) is 10.4. The first-order valence-corrected chi connectivity index (χ1v) is 10.5. The van der Waals surface area contributed by atoms with Crippen LogP contribution in [0.15, 0.2) is 41.3 Å². The summed E-state index contributed by atoms with van der Waals surface area (Å²) in [5, 5.41) is 2.36. The number of sulfone groups is 1. The maximum Gasteiger partial charge on any atom is 0.197 e. The fourth-order valence-electron chi connectivity index (χ4n) is 5.79. The highest BCUT2D eigenvalue weighted by molar-refractivity contribution is 7.92. The third-order valence-corrected chi connectivity index (χ3v) is 9.56. The van der Waals surface area contributed by atoms with Gasteiger partial charge in [0.1, 0.15) is 4.87 Å². The molecule has 0 heterocycles. The van der Waals surface area contributed by atoms with E-state index in [-0.39, 0.29) is 11.8 Å². The maximum atomic E-state index is 13.5. The van der Waals surface area contributed by atoms with Gasteiger partial charge in [0.25, 0.3) is 0 Å². The van der Waals surface area contributed by atoms with Crippen molar-refractivity contribution >= 4 is 32.2 Å². The van der Waals surface area contributed by atoms with E-state index in [0.717, 1.165) is 30.0 Å². The van der Waals surface area contributed by atoms with E-state index in [0.29, 0.717) is 21.8 Å². The van der Waals surface area contributed by atoms with Gasteiger partial charge in [0, 0.05) is 10.4 Å². The van der Waals surface area contributed by atoms with Crippen molar-refractivity contribution in [2.75, 3.05) is 0 Å². The Labute approximate surface area is 147 Å². The molecule has 126 valence electrons. The molecule has 4 bridgehead atoms. The van der Waals surface area contributed by atoms with E-state index < -0.39 is 14.7 Å². The van der Waals surface area contributed by atoms with E-state index in [1.54, 1.807) is 18.2 Å². The molecule has 3 nitrogen and oxygen atoms in total. The molecule has 2 aromatic rings. The Bertz CT molecular complexity index is 953. The highest BCUT2D eigenvalue weighted by atomic mass is 35.5. The number of halogens is 1. The Kier molecular flexibility index (Phi) is 3.00. The topological polar surface area (TPSA) is 60.2 Å². The predicted octanol–water partition coefficient (Wildman–Crippen LogP) is 3.99. The number of nitrogens with two attached hydrogens (primary N) is 1. The zero-order chi connectivity index (χ0) is 16.7. The number of rotatable bonds is 2. The second-order valence-electron chi connectivity index (χ2n) is 7.85. The van der Waals surface area contributed by atoms with Crippen molar-refractivity contribution in [1.29, 1.82) is 0 Å². The van der Waals surface area contributed by atoms with Crippen molar-refractivity contribution in [3.05, 3.63) is 41.4 Å². The lowest BCUT2D eigenvalue weighted by molar-refractivity contribution is 0.219. The quantitative estimate of drug-likeness (QED) is 0.879. The van der Waals surface area contributed by atoms with Gasteiger partial charge in [-0.2, -0.15) is 0 Å². The van der Waals surface area contributed by atoms with Gasteiger partial charge < -0.3 is 5.73 Å². The number of hydrogen-bond donors (Lipinski definition) is 1. The van der Waals surface area contributed by atoms with Crippen LogP contribution in [0.3, 0.4) is 0 Å². The fourth-order valence-corrected chi connectivity index (χ4v) is 8.29. The first-order chi connectivity index (χ1) is 11.4. The standard InChI is InChI=1S/C19H20ClNO2S/c20-18-3-1-2-12-10-15(4-5-16(12)18)24(22,23)19(21)14-7-11-6-13(9-14)17(19)8-11/h1-5,10-11,13-14,17H,6-9,21H2. The molecule has 6 rings (SSSR count). The van der Waals surface area contributed by atoms with E-state index in [1.807, 2.05) is 18.2 Å². The summed E-state index contributed by atoms with van der Waals surface area (Å²) in [6, 6.07) is 10.8. The molecule has 4 fully saturated rings. The van der Waals surface area contributed by atoms with Gasteiger partial charge >= 0.3 is 0 Å². The minimum Gasteiger partial charge on any atom is -0.312 e. The number of fused-ring (bicyclic) bond motifs is 1. The minimum atomic E-state index is -3.57. The van der Waals surface area contributed by atoms with Crippen molar-refractivity contribution in [3.63, 3.8) is 0 Å². The van der Waals surface area contributed by atoms with E-state index in [2.05, 4.69) is 0 Å². The first kappa shape index (κ1) is 15.2. The van der Waals surface area contributed by atoms with E-state index in [9.17, 15) is 8.42 Å². The van der Waals surface area contributed by atoms with Crippen molar-refractivity contribution in [1.82, 2.24) is 0 Å². The molecule has 5 unspecified atom stereocenters. The van der Waals surface area contributed by atoms with Crippen LogP contribution in [0.4, 0.5) is 0 Å². The first-order valence-electron chi connectivity index (χ1n) is 8.63. The SMILES string of the molecule is NC1(S(=O)(=O)c2ccc3c(Cl)cccc3c2)C2CC3CC(C2)C1C3. The molecule has 24 heavy (non-hydrogen) atoms. The Morgan fingerprint density at radius 3 is 2.71 bits per heavy atom. The predicted molar refractivity (Wildman–Crippen MR) is 95.5 cm³/mol. The highest BCUT2D eigenvalue weighted by Crippen LogP contribution is 2.64. The molecule has 0 saturated heterocycles. The summed E-state index contributed by atoms with van der Waals surface area (Å²) in [4.78, 5) is -0.743. The van der Waals surface area contributed by atoms with Crippen LogP contribution < -0.4 is 5.73 Å². The summed E-state index contributed by atoms with van der Waals surface area (Å²) in [5.74, 6) is 1.44. The summed E-state index contributed by atoms with van der Waals surface area (Å²) in [6.07, 6.45) is 4.11. The van der Waals surface area contributed by atoms with E-state index in [4.69, 9.17) is 17.3 Å². The molecular weight excluding hydrogens is 342 g/mol. The summed E-state index contributed by atoms with van der Waals surface area (Å²) < 4.78 is 27.0. The average Bonchev–Trinajstić information content (AvgIpc) is 2.96. The third-order valence-electron chi connectivity index (χ3n) is 6.79. The largest absolute Gasteiger partial charge is 0.312 e. The number of benzene rings is 2. The molecule has 0 aromatic heterocycles. The van der Waals surface area contributed by atoms with Crippen LogP contribution in [0, 0.1) is 23.7 Å². The fraction of sp³-hybridized carbons (Fsp3) is 0.474. The van der Waals surface area contributed by atoms with Crippen molar-refractivity contribution in [2.24, 2.45) is 29.4 Å². The van der Waals surface area contributed by atoms with Crippen LogP contribution in [0.2, 0.25) is 5.02 Å². The summed E-state index contributed by atoms with van der Waals surface area (Å²) >= 11 is 6.21. The molecule has 4 saturated carbocycles. The molecule has 4 aliphatic carbocycles. The Hall–Kier alpha value is -1.10. The molecule has 0 spiro atoms. The summed E-state index contributed by atoms with van der Waals surface area (Å²) in [5.41, 5.74) is 6.70. The molecule has 2 aromatic carbocycles. The maximum absolute atomic E-state index is 13.5. The van der Waals surface area contributed by atoms with Gasteiger partial charge in [0.2, 0.25) is 0 Å². The molecule has 2 N–H and O–H groups in total. The van der Waals surface area contributed by atoms with E-state index in [1.165, 1.54) is 6.42 Å². The van der Waals surface area contributed by atoms with Gasteiger partial charge in [-0.3, -0.25) is 0 Å². The third kappa shape index (κ3) is 1.74. The lowest BCUT2D eigenvalue weighted by Crippen LogP contribution is -2.57. The molecule has 4 aliphatic rings. The Morgan fingerprint density at radius 2 is 1.92 bits per heavy atom. The van der Waals surface area contributed by atoms with Crippen molar-refractivity contribution in [2.45, 2.75) is 35.4 Å². The van der Waals surface area contributed by atoms with Gasteiger partial charge in [0.05, 0.1) is 4.90 Å². The monoisotopic (exact) mass is 361 g/mol. The highest BCUT2D eigenvalue weighted by Gasteiger charge is 2.66. The van der Waals surface area contributed by atoms with Gasteiger partial charge in [-0.25, -0.2) is 8.42 Å². The zero-order valence-electron chi connectivity index (χ0n) is 13.3. The van der Waals surface area contributed by atoms with Gasteiger partial charge in [0.15, 0.2) is 9.84 Å². The molecule has 5 atom stereocenters. The van der Waals surface area contributed by atoms with Crippen molar-refractivity contribution < 1.29 is 8.42 Å². The average molecular weight is 362 g/mol. The molecule has 0 amide bonds. The van der Waals surface area contributed by atoms with Crippen LogP contribution in [0.25, 0.3) is 10.8 Å². The Balaban J connectivity index is 1.66. The second kappa shape index (κ2) is 4.75. The van der Waals surface area contributed by atoms with Crippen LogP contribution in [0.5, 0.6) is 0 Å². The van der Waals surface area contributed by atoms with Crippen molar-refractivity contribution in [3.8, 4) is 0 Å². The Morgan fingerprint density at radius 1 is 1.08 bits per heavy atom. The normalized spacial score (nSPS) is 37.4. The lowest BCUT2D eigenvalue weighted by atomic mass is 9.79. The van der Waals surface area contributed by atoms with E-state index >= 15 is 0 Å². The zero-order valence-corrected chi connectivity index (χ0v) is 14.9. The van der Waals surface area contributed by atoms with Crippen LogP contribution >= 0.6 is 11.6 Å². The van der Waals surface area contributed by atoms with Crippen LogP contribution in [-0.2, 0) is 9.84 Å². The molecule has 0 aliphatic heterocycles. The number of hydrogen-bond acceptors (Lipinski definition) is 3. The lowest BCUT2D eigenvalue weighted by Gasteiger charge is -2.40. The van der Waals surface area contributed by atoms with Gasteiger partial charge in [-0.1, -0.05) is 29.8 Å². The van der Waals surface area contributed by atoms with Crippen LogP contribution in [-0.4, -0.2) is 13.3 Å². The summed E-state index contributed by atoms with van der Waals surface area (Å²) in [7, 11) is -3.57. The smallest absolute Gasteiger partial charge is 0.197 e. The molecule has 5 heteroatoms.